The molecule has 12 heteroatoms. The lowest BCUT2D eigenvalue weighted by molar-refractivity contribution is -0.113. The number of allylic oxidation sites excluding steroid dienone is 1. The molecular formula is C24H26Cl2N4O4S2. The standard InChI is InChI=1S/C24H26Cl2N4O4S2/c1-6-10-30-21(13(3)34-18-9-8-15(25)11-17(18)26)28-29-24(30)35-12-19(31)27-22-20(23(32)33-5)16(7-2)14(4)36-22/h6,8-9,11,13H,1,7,10,12H2,2-5H3,(H,27,31). The molecule has 2 heterocycles. The number of carbonyl (C=O) groups excluding carboxylic acids is 2. The summed E-state index contributed by atoms with van der Waals surface area (Å²) in [5.74, 6) is 0.338. The van der Waals surface area contributed by atoms with Gasteiger partial charge in [0.1, 0.15) is 10.8 Å². The maximum absolute atomic E-state index is 12.8. The topological polar surface area (TPSA) is 95.3 Å². The molecule has 0 fully saturated rings. The van der Waals surface area contributed by atoms with Crippen LogP contribution in [0.4, 0.5) is 5.00 Å². The number of hydrogen-bond donors (Lipinski definition) is 1. The molecule has 1 unspecified atom stereocenters. The lowest BCUT2D eigenvalue weighted by Crippen LogP contribution is -2.17. The number of aromatic nitrogens is 3. The third-order valence-corrected chi connectivity index (χ3v) is 7.72. The van der Waals surface area contributed by atoms with Gasteiger partial charge in [0.05, 0.1) is 23.4 Å². The monoisotopic (exact) mass is 568 g/mol. The average Bonchev–Trinajstić information content (AvgIpc) is 3.38. The molecule has 1 atom stereocenters. The molecule has 1 aromatic carbocycles. The Morgan fingerprint density at radius 1 is 1.33 bits per heavy atom. The molecule has 0 bridgehead atoms. The average molecular weight is 570 g/mol. The maximum atomic E-state index is 12.8. The van der Waals surface area contributed by atoms with Gasteiger partial charge in [0.25, 0.3) is 0 Å². The van der Waals surface area contributed by atoms with Crippen LogP contribution in [0.15, 0.2) is 36.0 Å². The predicted molar refractivity (Wildman–Crippen MR) is 145 cm³/mol. The number of methoxy groups -OCH3 is 1. The Hall–Kier alpha value is -2.53. The van der Waals surface area contributed by atoms with Crippen LogP contribution in [0.25, 0.3) is 0 Å². The Labute approximate surface area is 228 Å². The predicted octanol–water partition coefficient (Wildman–Crippen LogP) is 6.36. The van der Waals surface area contributed by atoms with Crippen LogP contribution < -0.4 is 10.1 Å². The lowest BCUT2D eigenvalue weighted by Gasteiger charge is -2.16. The van der Waals surface area contributed by atoms with E-state index >= 15 is 0 Å². The molecule has 0 aliphatic rings. The van der Waals surface area contributed by atoms with Gasteiger partial charge in [-0.1, -0.05) is 48.0 Å². The van der Waals surface area contributed by atoms with Gasteiger partial charge in [-0.3, -0.25) is 9.36 Å². The number of carbonyl (C=O) groups is 2. The number of halogens is 2. The zero-order valence-electron chi connectivity index (χ0n) is 20.3. The first kappa shape index (κ1) is 28.0. The summed E-state index contributed by atoms with van der Waals surface area (Å²) in [5.41, 5.74) is 1.28. The molecule has 192 valence electrons. The zero-order valence-corrected chi connectivity index (χ0v) is 23.4. The van der Waals surface area contributed by atoms with Gasteiger partial charge < -0.3 is 14.8 Å². The number of nitrogens with zero attached hydrogens (tertiary/aromatic N) is 3. The molecule has 0 radical (unpaired) electrons. The van der Waals surface area contributed by atoms with Gasteiger partial charge in [-0.15, -0.1) is 28.1 Å². The number of anilines is 1. The van der Waals surface area contributed by atoms with Gasteiger partial charge in [-0.2, -0.15) is 0 Å². The molecule has 0 aliphatic carbocycles. The van der Waals surface area contributed by atoms with Crippen LogP contribution in [0, 0.1) is 6.92 Å². The van der Waals surface area contributed by atoms with Crippen molar-refractivity contribution in [2.75, 3.05) is 18.2 Å². The van der Waals surface area contributed by atoms with Crippen LogP contribution in [-0.4, -0.2) is 39.5 Å². The minimum atomic E-state index is -0.483. The SMILES string of the molecule is C=CCn1c(SCC(=O)Nc2sc(C)c(CC)c2C(=O)OC)nnc1C(C)Oc1ccc(Cl)cc1Cl. The van der Waals surface area contributed by atoms with Crippen molar-refractivity contribution >= 4 is 63.2 Å². The fraction of sp³-hybridized carbons (Fsp3) is 0.333. The molecule has 0 spiro atoms. The third kappa shape index (κ3) is 6.42. The van der Waals surface area contributed by atoms with Crippen molar-refractivity contribution < 1.29 is 19.1 Å². The summed E-state index contributed by atoms with van der Waals surface area (Å²) in [7, 11) is 1.33. The number of nitrogens with one attached hydrogen (secondary N) is 1. The van der Waals surface area contributed by atoms with Crippen molar-refractivity contribution in [2.24, 2.45) is 0 Å². The fourth-order valence-corrected chi connectivity index (χ4v) is 5.88. The summed E-state index contributed by atoms with van der Waals surface area (Å²) in [4.78, 5) is 26.0. The van der Waals surface area contributed by atoms with E-state index in [1.807, 2.05) is 25.3 Å². The molecule has 1 N–H and O–H groups in total. The van der Waals surface area contributed by atoms with Crippen LogP contribution in [0.2, 0.25) is 10.0 Å². The van der Waals surface area contributed by atoms with E-state index in [0.717, 1.165) is 10.4 Å². The first-order valence-electron chi connectivity index (χ1n) is 11.0. The highest BCUT2D eigenvalue weighted by atomic mass is 35.5. The summed E-state index contributed by atoms with van der Waals surface area (Å²) in [5, 5.41) is 13.3. The molecule has 3 aromatic rings. The van der Waals surface area contributed by atoms with E-state index in [9.17, 15) is 9.59 Å². The normalized spacial score (nSPS) is 11.7. The Kier molecular flexibility index (Phi) is 9.84. The van der Waals surface area contributed by atoms with Crippen molar-refractivity contribution in [3.05, 3.63) is 62.7 Å². The summed E-state index contributed by atoms with van der Waals surface area (Å²) >= 11 is 14.8. The molecule has 0 saturated heterocycles. The number of aryl methyl sites for hydroxylation is 1. The van der Waals surface area contributed by atoms with Crippen molar-refractivity contribution in [3.8, 4) is 5.75 Å². The van der Waals surface area contributed by atoms with Crippen molar-refractivity contribution in [1.82, 2.24) is 14.8 Å². The van der Waals surface area contributed by atoms with E-state index in [2.05, 4.69) is 22.1 Å². The number of thioether (sulfide) groups is 1. The van der Waals surface area contributed by atoms with E-state index in [-0.39, 0.29) is 11.7 Å². The van der Waals surface area contributed by atoms with E-state index in [4.69, 9.17) is 32.7 Å². The fourth-order valence-electron chi connectivity index (χ4n) is 3.53. The molecule has 36 heavy (non-hydrogen) atoms. The Morgan fingerprint density at radius 2 is 2.08 bits per heavy atom. The number of amides is 1. The summed E-state index contributed by atoms with van der Waals surface area (Å²) in [6, 6.07) is 4.98. The van der Waals surface area contributed by atoms with Gasteiger partial charge in [0.2, 0.25) is 5.91 Å². The van der Waals surface area contributed by atoms with E-state index in [1.54, 1.807) is 24.3 Å². The molecule has 1 amide bonds. The van der Waals surface area contributed by atoms with Crippen molar-refractivity contribution in [1.29, 1.82) is 0 Å². The maximum Gasteiger partial charge on any atom is 0.341 e. The molecule has 0 aliphatic heterocycles. The molecule has 0 saturated carbocycles. The van der Waals surface area contributed by atoms with E-state index < -0.39 is 12.1 Å². The number of benzene rings is 1. The highest BCUT2D eigenvalue weighted by molar-refractivity contribution is 7.99. The number of rotatable bonds is 11. The first-order chi connectivity index (χ1) is 17.2. The van der Waals surface area contributed by atoms with E-state index in [1.165, 1.54) is 30.2 Å². The highest BCUT2D eigenvalue weighted by Crippen LogP contribution is 2.35. The zero-order chi connectivity index (χ0) is 26.4. The van der Waals surface area contributed by atoms with Crippen LogP contribution >= 0.6 is 46.3 Å². The molecule has 2 aromatic heterocycles. The van der Waals surface area contributed by atoms with Crippen LogP contribution in [0.3, 0.4) is 0 Å². The molecular weight excluding hydrogens is 543 g/mol. The van der Waals surface area contributed by atoms with Crippen LogP contribution in [0.1, 0.15) is 46.6 Å². The summed E-state index contributed by atoms with van der Waals surface area (Å²) in [6.07, 6.45) is 1.89. The van der Waals surface area contributed by atoms with E-state index in [0.29, 0.717) is 50.3 Å². The van der Waals surface area contributed by atoms with Crippen molar-refractivity contribution in [2.45, 2.75) is 45.0 Å². The quantitative estimate of drug-likeness (QED) is 0.163. The summed E-state index contributed by atoms with van der Waals surface area (Å²) < 4.78 is 12.7. The third-order valence-electron chi connectivity index (χ3n) is 5.16. The van der Waals surface area contributed by atoms with Crippen molar-refractivity contribution in [3.63, 3.8) is 0 Å². The first-order valence-corrected chi connectivity index (χ1v) is 13.5. The van der Waals surface area contributed by atoms with Gasteiger partial charge in [0, 0.05) is 16.4 Å². The second-order valence-electron chi connectivity index (χ2n) is 7.60. The number of hydrogen-bond acceptors (Lipinski definition) is 8. The minimum Gasteiger partial charge on any atom is -0.481 e. The molecule has 3 rings (SSSR count). The number of thiophene rings is 1. The highest BCUT2D eigenvalue weighted by Gasteiger charge is 2.24. The Balaban J connectivity index is 1.73. The Bertz CT molecular complexity index is 1280. The van der Waals surface area contributed by atoms with Crippen LogP contribution in [-0.2, 0) is 22.5 Å². The smallest absolute Gasteiger partial charge is 0.341 e. The Morgan fingerprint density at radius 3 is 2.72 bits per heavy atom. The lowest BCUT2D eigenvalue weighted by atomic mass is 10.1. The van der Waals surface area contributed by atoms with Gasteiger partial charge in [0.15, 0.2) is 17.1 Å². The number of esters is 1. The minimum absolute atomic E-state index is 0.0620. The number of ether oxygens (including phenoxy) is 2. The van der Waals surface area contributed by atoms with Gasteiger partial charge in [-0.25, -0.2) is 4.79 Å². The van der Waals surface area contributed by atoms with Gasteiger partial charge >= 0.3 is 5.97 Å². The second-order valence-corrected chi connectivity index (χ2v) is 10.6. The van der Waals surface area contributed by atoms with Crippen LogP contribution in [0.5, 0.6) is 5.75 Å². The summed E-state index contributed by atoms with van der Waals surface area (Å²) in [6.45, 7) is 9.93. The molecule has 8 nitrogen and oxygen atoms in total. The largest absolute Gasteiger partial charge is 0.481 e. The van der Waals surface area contributed by atoms with Gasteiger partial charge in [-0.05, 0) is 44.0 Å². The second kappa shape index (κ2) is 12.6.